The van der Waals surface area contributed by atoms with Crippen molar-refractivity contribution in [2.45, 2.75) is 51.9 Å². The second kappa shape index (κ2) is 4.97. The van der Waals surface area contributed by atoms with Gasteiger partial charge in [-0.1, -0.05) is 18.1 Å². The smallest absolute Gasteiger partial charge is 0.00115 e. The average Bonchev–Trinajstić information content (AvgIpc) is 2.47. The lowest BCUT2D eigenvalue weighted by Crippen LogP contribution is -2.13. The van der Waals surface area contributed by atoms with E-state index in [1.54, 1.807) is 0 Å². The molecule has 2 rings (SSSR count). The Bertz CT molecular complexity index is 197. The van der Waals surface area contributed by atoms with Gasteiger partial charge in [0.25, 0.3) is 0 Å². The molecule has 0 aromatic heterocycles. The number of nitrogens with one attached hydrogen (secondary N) is 1. The Balaban J connectivity index is 1.98. The Morgan fingerprint density at radius 1 is 0.929 bits per heavy atom. The van der Waals surface area contributed by atoms with E-state index in [0.29, 0.717) is 0 Å². The molecule has 0 aromatic rings. The fraction of sp³-hybridized carbons (Fsp3) is 0.846. The minimum atomic E-state index is 0.975. The molecule has 2 fully saturated rings. The third kappa shape index (κ3) is 2.60. The Kier molecular flexibility index (Phi) is 3.63. The minimum Gasteiger partial charge on any atom is -0.316 e. The van der Waals surface area contributed by atoms with Crippen LogP contribution in [-0.4, -0.2) is 13.1 Å². The van der Waals surface area contributed by atoms with Crippen molar-refractivity contribution in [1.82, 2.24) is 5.32 Å². The second-order valence-corrected chi connectivity index (χ2v) is 4.99. The summed E-state index contributed by atoms with van der Waals surface area (Å²) in [5.41, 5.74) is 3.63. The van der Waals surface area contributed by atoms with Crippen LogP contribution in [0.1, 0.15) is 51.9 Å². The predicted molar refractivity (Wildman–Crippen MR) is 61.4 cm³/mol. The number of hydrogen-bond acceptors (Lipinski definition) is 1. The van der Waals surface area contributed by atoms with Gasteiger partial charge in [-0.3, -0.25) is 0 Å². The second-order valence-electron chi connectivity index (χ2n) is 4.99. The molecule has 1 N–H and O–H groups in total. The van der Waals surface area contributed by atoms with Crippen LogP contribution >= 0.6 is 0 Å². The van der Waals surface area contributed by atoms with E-state index in [4.69, 9.17) is 0 Å². The van der Waals surface area contributed by atoms with Gasteiger partial charge in [-0.15, -0.1) is 0 Å². The van der Waals surface area contributed by atoms with Gasteiger partial charge < -0.3 is 5.32 Å². The van der Waals surface area contributed by atoms with Gasteiger partial charge in [0, 0.05) is 0 Å². The van der Waals surface area contributed by atoms with Gasteiger partial charge in [0.15, 0.2) is 0 Å². The van der Waals surface area contributed by atoms with Crippen LogP contribution in [0.4, 0.5) is 0 Å². The van der Waals surface area contributed by atoms with Crippen LogP contribution in [0, 0.1) is 5.92 Å². The maximum atomic E-state index is 3.49. The van der Waals surface area contributed by atoms with Crippen molar-refractivity contribution in [3.05, 3.63) is 11.1 Å². The zero-order valence-electron chi connectivity index (χ0n) is 9.44. The number of allylic oxidation sites excluding steroid dienone is 1. The van der Waals surface area contributed by atoms with Crippen molar-refractivity contribution in [3.8, 4) is 0 Å². The molecule has 0 bridgehead atoms. The van der Waals surface area contributed by atoms with Crippen LogP contribution < -0.4 is 5.32 Å². The highest BCUT2D eigenvalue weighted by molar-refractivity contribution is 5.17. The van der Waals surface area contributed by atoms with Crippen LogP contribution in [0.15, 0.2) is 11.1 Å². The molecule has 1 aliphatic carbocycles. The molecule has 0 spiro atoms. The molecule has 0 aromatic carbocycles. The van der Waals surface area contributed by atoms with Gasteiger partial charge in [0.05, 0.1) is 0 Å². The van der Waals surface area contributed by atoms with Gasteiger partial charge in [0.2, 0.25) is 0 Å². The summed E-state index contributed by atoms with van der Waals surface area (Å²) >= 11 is 0. The molecule has 0 unspecified atom stereocenters. The Morgan fingerprint density at radius 2 is 1.64 bits per heavy atom. The maximum Gasteiger partial charge on any atom is -0.00115 e. The fourth-order valence-electron chi connectivity index (χ4n) is 2.73. The average molecular weight is 193 g/mol. The van der Waals surface area contributed by atoms with Crippen LogP contribution in [0.2, 0.25) is 0 Å². The van der Waals surface area contributed by atoms with Crippen molar-refractivity contribution >= 4 is 0 Å². The van der Waals surface area contributed by atoms with Crippen molar-refractivity contribution in [3.63, 3.8) is 0 Å². The lowest BCUT2D eigenvalue weighted by atomic mass is 9.83. The zero-order valence-corrected chi connectivity index (χ0v) is 9.44. The normalized spacial score (nSPS) is 30.2. The summed E-state index contributed by atoms with van der Waals surface area (Å²) in [7, 11) is 0. The Hall–Kier alpha value is -0.300. The first kappa shape index (κ1) is 10.2. The summed E-state index contributed by atoms with van der Waals surface area (Å²) in [6, 6.07) is 0. The lowest BCUT2D eigenvalue weighted by molar-refractivity contribution is 0.439. The van der Waals surface area contributed by atoms with Crippen molar-refractivity contribution in [2.24, 2.45) is 5.92 Å². The van der Waals surface area contributed by atoms with E-state index >= 15 is 0 Å². The van der Waals surface area contributed by atoms with Crippen LogP contribution in [0.3, 0.4) is 0 Å². The third-order valence-corrected chi connectivity index (χ3v) is 3.81. The standard InChI is InChI=1S/C13H23N/c1-11-4-6-13(7-5-11)12-3-2-9-14-10-8-12/h11,14H,2-10H2,1H3. The van der Waals surface area contributed by atoms with Crippen molar-refractivity contribution in [2.75, 3.05) is 13.1 Å². The van der Waals surface area contributed by atoms with E-state index in [2.05, 4.69) is 12.2 Å². The highest BCUT2D eigenvalue weighted by Crippen LogP contribution is 2.32. The topological polar surface area (TPSA) is 12.0 Å². The summed E-state index contributed by atoms with van der Waals surface area (Å²) in [6.07, 6.45) is 9.72. The molecular formula is C13H23N. The minimum absolute atomic E-state index is 0.975. The van der Waals surface area contributed by atoms with Gasteiger partial charge in [-0.2, -0.15) is 0 Å². The molecule has 1 heterocycles. The largest absolute Gasteiger partial charge is 0.316 e. The van der Waals surface area contributed by atoms with E-state index in [0.717, 1.165) is 5.92 Å². The molecule has 1 heteroatoms. The van der Waals surface area contributed by atoms with Crippen LogP contribution in [0.25, 0.3) is 0 Å². The van der Waals surface area contributed by atoms with Crippen molar-refractivity contribution < 1.29 is 0 Å². The summed E-state index contributed by atoms with van der Waals surface area (Å²) in [6.45, 7) is 4.84. The van der Waals surface area contributed by atoms with Crippen LogP contribution in [-0.2, 0) is 0 Å². The molecule has 1 saturated carbocycles. The molecule has 1 aliphatic heterocycles. The molecule has 14 heavy (non-hydrogen) atoms. The van der Waals surface area contributed by atoms with Gasteiger partial charge in [-0.25, -0.2) is 0 Å². The van der Waals surface area contributed by atoms with Gasteiger partial charge in [-0.05, 0) is 64.0 Å². The zero-order chi connectivity index (χ0) is 9.80. The van der Waals surface area contributed by atoms with Gasteiger partial charge >= 0.3 is 0 Å². The lowest BCUT2D eigenvalue weighted by Gasteiger charge is -2.23. The van der Waals surface area contributed by atoms with E-state index in [9.17, 15) is 0 Å². The summed E-state index contributed by atoms with van der Waals surface area (Å²) in [5.74, 6) is 0.975. The monoisotopic (exact) mass is 193 g/mol. The first-order chi connectivity index (χ1) is 6.86. The molecular weight excluding hydrogens is 170 g/mol. The number of hydrogen-bond donors (Lipinski definition) is 1. The van der Waals surface area contributed by atoms with E-state index in [1.807, 2.05) is 11.1 Å². The first-order valence-corrected chi connectivity index (χ1v) is 6.27. The number of rotatable bonds is 0. The summed E-state index contributed by atoms with van der Waals surface area (Å²) in [4.78, 5) is 0. The van der Waals surface area contributed by atoms with E-state index in [-0.39, 0.29) is 0 Å². The molecule has 0 radical (unpaired) electrons. The summed E-state index contributed by atoms with van der Waals surface area (Å²) in [5, 5.41) is 3.49. The molecule has 2 aliphatic rings. The molecule has 1 saturated heterocycles. The molecule has 1 nitrogen and oxygen atoms in total. The molecule has 0 amide bonds. The highest BCUT2D eigenvalue weighted by Gasteiger charge is 2.16. The maximum absolute atomic E-state index is 3.49. The quantitative estimate of drug-likeness (QED) is 0.582. The summed E-state index contributed by atoms with van der Waals surface area (Å²) < 4.78 is 0. The fourth-order valence-corrected chi connectivity index (χ4v) is 2.73. The van der Waals surface area contributed by atoms with Crippen LogP contribution in [0.5, 0.6) is 0 Å². The van der Waals surface area contributed by atoms with E-state index in [1.165, 1.54) is 58.0 Å². The first-order valence-electron chi connectivity index (χ1n) is 6.27. The Morgan fingerprint density at radius 3 is 2.43 bits per heavy atom. The molecule has 0 atom stereocenters. The van der Waals surface area contributed by atoms with E-state index < -0.39 is 0 Å². The SMILES string of the molecule is CC1CCC(=C2CCCNCC2)CC1. The van der Waals surface area contributed by atoms with Crippen molar-refractivity contribution in [1.29, 1.82) is 0 Å². The third-order valence-electron chi connectivity index (χ3n) is 3.81. The predicted octanol–water partition coefficient (Wildman–Crippen LogP) is 3.27. The Labute approximate surface area is 88.0 Å². The van der Waals surface area contributed by atoms with Gasteiger partial charge in [0.1, 0.15) is 0 Å². The molecule has 80 valence electrons. The highest BCUT2D eigenvalue weighted by atomic mass is 14.8.